The first-order valence-corrected chi connectivity index (χ1v) is 7.67. The SMILES string of the molecule is c1csc(-c2nccn2CCNC2CCOCC2)c1. The van der Waals surface area contributed by atoms with Gasteiger partial charge in [-0.25, -0.2) is 4.98 Å². The van der Waals surface area contributed by atoms with Crippen LogP contribution in [0.3, 0.4) is 0 Å². The van der Waals surface area contributed by atoms with Gasteiger partial charge in [-0.1, -0.05) is 6.07 Å². The molecule has 1 N–H and O–H groups in total. The lowest BCUT2D eigenvalue weighted by Gasteiger charge is -2.23. The van der Waals surface area contributed by atoms with Crippen LogP contribution in [0, 0.1) is 0 Å². The Morgan fingerprint density at radius 2 is 2.32 bits per heavy atom. The molecule has 4 nitrogen and oxygen atoms in total. The molecule has 2 aromatic heterocycles. The zero-order valence-electron chi connectivity index (χ0n) is 10.9. The summed E-state index contributed by atoms with van der Waals surface area (Å²) in [7, 11) is 0. The van der Waals surface area contributed by atoms with Gasteiger partial charge in [0, 0.05) is 44.7 Å². The summed E-state index contributed by atoms with van der Waals surface area (Å²) in [5.41, 5.74) is 0. The molecule has 0 atom stereocenters. The van der Waals surface area contributed by atoms with Gasteiger partial charge in [-0.2, -0.15) is 0 Å². The number of hydrogen-bond acceptors (Lipinski definition) is 4. The molecule has 0 unspecified atom stereocenters. The number of imidazole rings is 1. The van der Waals surface area contributed by atoms with Gasteiger partial charge in [0.1, 0.15) is 5.82 Å². The summed E-state index contributed by atoms with van der Waals surface area (Å²) in [6, 6.07) is 4.80. The highest BCUT2D eigenvalue weighted by molar-refractivity contribution is 7.13. The van der Waals surface area contributed by atoms with Crippen molar-refractivity contribution in [2.24, 2.45) is 0 Å². The highest BCUT2D eigenvalue weighted by Crippen LogP contribution is 2.22. The molecule has 1 aliphatic heterocycles. The van der Waals surface area contributed by atoms with Crippen molar-refractivity contribution in [1.29, 1.82) is 0 Å². The molecule has 0 bridgehead atoms. The van der Waals surface area contributed by atoms with E-state index in [2.05, 4.69) is 38.6 Å². The first-order valence-electron chi connectivity index (χ1n) is 6.79. The van der Waals surface area contributed by atoms with Crippen molar-refractivity contribution in [1.82, 2.24) is 14.9 Å². The molecule has 0 saturated carbocycles. The molecule has 0 spiro atoms. The molecule has 3 rings (SSSR count). The van der Waals surface area contributed by atoms with Gasteiger partial charge in [0.25, 0.3) is 0 Å². The lowest BCUT2D eigenvalue weighted by molar-refractivity contribution is 0.0779. The molecule has 2 aromatic rings. The fourth-order valence-electron chi connectivity index (χ4n) is 2.41. The van der Waals surface area contributed by atoms with Crippen molar-refractivity contribution < 1.29 is 4.74 Å². The number of rotatable bonds is 5. The Morgan fingerprint density at radius 3 is 3.11 bits per heavy atom. The van der Waals surface area contributed by atoms with Crippen molar-refractivity contribution in [2.75, 3.05) is 19.8 Å². The largest absolute Gasteiger partial charge is 0.381 e. The highest BCUT2D eigenvalue weighted by atomic mass is 32.1. The van der Waals surface area contributed by atoms with Crippen LogP contribution in [0.1, 0.15) is 12.8 Å². The van der Waals surface area contributed by atoms with E-state index in [0.29, 0.717) is 6.04 Å². The summed E-state index contributed by atoms with van der Waals surface area (Å²) in [5, 5.41) is 5.70. The predicted octanol–water partition coefficient (Wildman–Crippen LogP) is 2.38. The summed E-state index contributed by atoms with van der Waals surface area (Å²) in [6.45, 7) is 3.73. The third-order valence-corrected chi connectivity index (χ3v) is 4.33. The normalized spacial score (nSPS) is 16.8. The number of aromatic nitrogens is 2. The minimum absolute atomic E-state index is 0.613. The maximum Gasteiger partial charge on any atom is 0.150 e. The van der Waals surface area contributed by atoms with E-state index in [9.17, 15) is 0 Å². The first-order chi connectivity index (χ1) is 9.43. The molecule has 0 amide bonds. The topological polar surface area (TPSA) is 39.1 Å². The molecule has 1 fully saturated rings. The van der Waals surface area contributed by atoms with Crippen molar-refractivity contribution in [2.45, 2.75) is 25.4 Å². The van der Waals surface area contributed by atoms with Crippen molar-refractivity contribution in [3.05, 3.63) is 29.9 Å². The second-order valence-electron chi connectivity index (χ2n) is 4.76. The molecule has 1 aliphatic rings. The second kappa shape index (κ2) is 6.32. The van der Waals surface area contributed by atoms with Gasteiger partial charge in [0.15, 0.2) is 0 Å². The Bertz CT molecular complexity index is 489. The summed E-state index contributed by atoms with van der Waals surface area (Å²) in [5.74, 6) is 1.07. The van der Waals surface area contributed by atoms with Gasteiger partial charge >= 0.3 is 0 Å². The van der Waals surface area contributed by atoms with Crippen LogP contribution in [0.15, 0.2) is 29.9 Å². The van der Waals surface area contributed by atoms with Crippen molar-refractivity contribution in [3.63, 3.8) is 0 Å². The Hall–Kier alpha value is -1.17. The summed E-state index contributed by atoms with van der Waals surface area (Å²) in [6.07, 6.45) is 6.19. The van der Waals surface area contributed by atoms with E-state index in [-0.39, 0.29) is 0 Å². The van der Waals surface area contributed by atoms with Crippen LogP contribution in [-0.2, 0) is 11.3 Å². The van der Waals surface area contributed by atoms with Gasteiger partial charge in [-0.05, 0) is 24.3 Å². The van der Waals surface area contributed by atoms with Crippen LogP contribution in [0.5, 0.6) is 0 Å². The molecule has 1 saturated heterocycles. The standard InChI is InChI=1S/C14H19N3OS/c1-2-13(19-11-1)14-16-6-8-17(14)7-5-15-12-3-9-18-10-4-12/h1-2,6,8,11-12,15H,3-5,7,9-10H2. The van der Waals surface area contributed by atoms with E-state index < -0.39 is 0 Å². The monoisotopic (exact) mass is 277 g/mol. The zero-order chi connectivity index (χ0) is 12.9. The van der Waals surface area contributed by atoms with Gasteiger partial charge in [0.05, 0.1) is 4.88 Å². The van der Waals surface area contributed by atoms with Crippen molar-refractivity contribution >= 4 is 11.3 Å². The molecular weight excluding hydrogens is 258 g/mol. The smallest absolute Gasteiger partial charge is 0.150 e. The second-order valence-corrected chi connectivity index (χ2v) is 5.71. The van der Waals surface area contributed by atoms with Gasteiger partial charge in [-0.3, -0.25) is 0 Å². The van der Waals surface area contributed by atoms with E-state index in [1.807, 2.05) is 6.20 Å². The molecule has 19 heavy (non-hydrogen) atoms. The Morgan fingerprint density at radius 1 is 1.42 bits per heavy atom. The minimum atomic E-state index is 0.613. The summed E-state index contributed by atoms with van der Waals surface area (Å²) < 4.78 is 7.59. The average Bonchev–Trinajstić information content (AvgIpc) is 3.10. The van der Waals surface area contributed by atoms with E-state index in [1.165, 1.54) is 4.88 Å². The van der Waals surface area contributed by atoms with Crippen LogP contribution in [-0.4, -0.2) is 35.4 Å². The summed E-state index contributed by atoms with van der Waals surface area (Å²) >= 11 is 1.74. The molecule has 0 aliphatic carbocycles. The minimum Gasteiger partial charge on any atom is -0.381 e. The van der Waals surface area contributed by atoms with Crippen LogP contribution in [0.25, 0.3) is 10.7 Å². The molecule has 3 heterocycles. The molecule has 5 heteroatoms. The van der Waals surface area contributed by atoms with E-state index in [4.69, 9.17) is 4.74 Å². The van der Waals surface area contributed by atoms with E-state index >= 15 is 0 Å². The van der Waals surface area contributed by atoms with Crippen LogP contribution >= 0.6 is 11.3 Å². The molecular formula is C14H19N3OS. The Balaban J connectivity index is 1.54. The van der Waals surface area contributed by atoms with Crippen LogP contribution < -0.4 is 5.32 Å². The van der Waals surface area contributed by atoms with Crippen LogP contribution in [0.4, 0.5) is 0 Å². The molecule has 0 radical (unpaired) electrons. The van der Waals surface area contributed by atoms with Gasteiger partial charge < -0.3 is 14.6 Å². The number of thiophene rings is 1. The fraction of sp³-hybridized carbons (Fsp3) is 0.500. The van der Waals surface area contributed by atoms with Gasteiger partial charge in [-0.15, -0.1) is 11.3 Å². The lowest BCUT2D eigenvalue weighted by atomic mass is 10.1. The summed E-state index contributed by atoms with van der Waals surface area (Å²) in [4.78, 5) is 5.68. The van der Waals surface area contributed by atoms with E-state index in [0.717, 1.165) is 45.0 Å². The van der Waals surface area contributed by atoms with Crippen LogP contribution in [0.2, 0.25) is 0 Å². The third-order valence-electron chi connectivity index (χ3n) is 3.46. The predicted molar refractivity (Wildman–Crippen MR) is 77.4 cm³/mol. The van der Waals surface area contributed by atoms with Crippen molar-refractivity contribution in [3.8, 4) is 10.7 Å². The number of nitrogens with zero attached hydrogens (tertiary/aromatic N) is 2. The fourth-order valence-corrected chi connectivity index (χ4v) is 3.15. The average molecular weight is 277 g/mol. The third kappa shape index (κ3) is 3.23. The number of ether oxygens (including phenoxy) is 1. The highest BCUT2D eigenvalue weighted by Gasteiger charge is 2.13. The molecule has 102 valence electrons. The maximum absolute atomic E-state index is 5.37. The quantitative estimate of drug-likeness (QED) is 0.912. The number of hydrogen-bond donors (Lipinski definition) is 1. The first kappa shape index (κ1) is 12.8. The maximum atomic E-state index is 5.37. The Labute approximate surface area is 117 Å². The van der Waals surface area contributed by atoms with E-state index in [1.54, 1.807) is 11.3 Å². The zero-order valence-corrected chi connectivity index (χ0v) is 11.7. The van der Waals surface area contributed by atoms with Gasteiger partial charge in [0.2, 0.25) is 0 Å². The Kier molecular flexibility index (Phi) is 4.27. The molecule has 0 aromatic carbocycles. The number of nitrogens with one attached hydrogen (secondary N) is 1. The lowest BCUT2D eigenvalue weighted by Crippen LogP contribution is -2.36.